The molecule has 7 nitrogen and oxygen atoms in total. The molecule has 0 aromatic rings. The number of nitrogens with one attached hydrogen (secondary N) is 2. The molecule has 0 aliphatic carbocycles. The van der Waals surface area contributed by atoms with E-state index in [0.717, 1.165) is 0 Å². The van der Waals surface area contributed by atoms with Crippen LogP contribution in [0.2, 0.25) is 0 Å². The minimum atomic E-state index is -0.686. The summed E-state index contributed by atoms with van der Waals surface area (Å²) in [4.78, 5) is 39.3. The zero-order valence-electron chi connectivity index (χ0n) is 14.9. The molecule has 7 heteroatoms. The van der Waals surface area contributed by atoms with Crippen LogP contribution in [0, 0.1) is 0 Å². The van der Waals surface area contributed by atoms with Gasteiger partial charge >= 0.3 is 0 Å². The van der Waals surface area contributed by atoms with E-state index in [1.807, 2.05) is 13.8 Å². The molecular weight excluding hydrogens is 284 g/mol. The van der Waals surface area contributed by atoms with Gasteiger partial charge in [0.2, 0.25) is 17.7 Å². The Morgan fingerprint density at radius 3 is 1.64 bits per heavy atom. The lowest BCUT2D eigenvalue weighted by molar-refractivity contribution is -0.141. The highest BCUT2D eigenvalue weighted by Gasteiger charge is 2.28. The molecule has 0 aromatic carbocycles. The number of hydrogen-bond donors (Lipinski definition) is 2. The van der Waals surface area contributed by atoms with Gasteiger partial charge in [-0.2, -0.15) is 0 Å². The predicted octanol–water partition coefficient (Wildman–Crippen LogP) is -0.187. The maximum atomic E-state index is 12.3. The Morgan fingerprint density at radius 2 is 1.23 bits per heavy atom. The summed E-state index contributed by atoms with van der Waals surface area (Å²) in [6.07, 6.45) is 0. The van der Waals surface area contributed by atoms with Gasteiger partial charge in [-0.15, -0.1) is 0 Å². The molecule has 0 fully saturated rings. The van der Waals surface area contributed by atoms with Crippen molar-refractivity contribution in [3.63, 3.8) is 0 Å². The highest BCUT2D eigenvalue weighted by molar-refractivity contribution is 5.92. The van der Waals surface area contributed by atoms with Gasteiger partial charge in [0.1, 0.15) is 12.1 Å². The smallest absolute Gasteiger partial charge is 0.245 e. The van der Waals surface area contributed by atoms with Crippen molar-refractivity contribution in [3.8, 4) is 0 Å². The van der Waals surface area contributed by atoms with E-state index < -0.39 is 12.1 Å². The lowest BCUT2D eigenvalue weighted by atomic mass is 10.2. The Hall–Kier alpha value is -1.63. The van der Waals surface area contributed by atoms with E-state index in [1.54, 1.807) is 46.8 Å². The highest BCUT2D eigenvalue weighted by atomic mass is 16.2. The third-order valence-corrected chi connectivity index (χ3v) is 3.62. The molecule has 0 radical (unpaired) electrons. The van der Waals surface area contributed by atoms with Crippen LogP contribution in [0.25, 0.3) is 0 Å². The van der Waals surface area contributed by atoms with Gasteiger partial charge in [-0.1, -0.05) is 0 Å². The lowest BCUT2D eigenvalue weighted by Crippen LogP contribution is -2.54. The fraction of sp³-hybridized carbons (Fsp3) is 0.800. The summed E-state index contributed by atoms with van der Waals surface area (Å²) in [5, 5.41) is 5.44. The SMILES string of the molecule is CC(C)NC(=O)C(C)N(C)C(=O)C(C)NC(=O)C(C)N(C)C. The fourth-order valence-electron chi connectivity index (χ4n) is 1.71. The lowest BCUT2D eigenvalue weighted by Gasteiger charge is -2.29. The van der Waals surface area contributed by atoms with Crippen LogP contribution in [0.3, 0.4) is 0 Å². The number of hydrogen-bond acceptors (Lipinski definition) is 4. The number of nitrogens with zero attached hydrogens (tertiary/aromatic N) is 2. The Kier molecular flexibility index (Phi) is 8.08. The number of carbonyl (C=O) groups is 3. The van der Waals surface area contributed by atoms with Crippen LogP contribution in [0.4, 0.5) is 0 Å². The van der Waals surface area contributed by atoms with Gasteiger partial charge in [0.25, 0.3) is 0 Å². The van der Waals surface area contributed by atoms with E-state index in [4.69, 9.17) is 0 Å². The summed E-state index contributed by atoms with van der Waals surface area (Å²) in [6, 6.07) is -1.60. The van der Waals surface area contributed by atoms with Crippen LogP contribution in [0.1, 0.15) is 34.6 Å². The first-order valence-corrected chi connectivity index (χ1v) is 7.52. The van der Waals surface area contributed by atoms with Crippen molar-refractivity contribution in [2.75, 3.05) is 21.1 Å². The first-order valence-electron chi connectivity index (χ1n) is 7.52. The van der Waals surface area contributed by atoms with Crippen molar-refractivity contribution in [3.05, 3.63) is 0 Å². The molecule has 0 saturated heterocycles. The standard InChI is InChI=1S/C15H30N4O3/c1-9(2)16-14(21)12(5)19(8)15(22)10(3)17-13(20)11(4)18(6)7/h9-12H,1-8H3,(H,16,21)(H,17,20). The number of likely N-dealkylation sites (N-methyl/N-ethyl adjacent to an activating group) is 2. The summed E-state index contributed by atoms with van der Waals surface area (Å²) in [7, 11) is 5.15. The van der Waals surface area contributed by atoms with E-state index >= 15 is 0 Å². The van der Waals surface area contributed by atoms with Crippen LogP contribution < -0.4 is 10.6 Å². The maximum Gasteiger partial charge on any atom is 0.245 e. The van der Waals surface area contributed by atoms with Crippen molar-refractivity contribution in [1.82, 2.24) is 20.4 Å². The van der Waals surface area contributed by atoms with Gasteiger partial charge in [0, 0.05) is 13.1 Å². The minimum Gasteiger partial charge on any atom is -0.352 e. The second-order valence-corrected chi connectivity index (χ2v) is 6.16. The van der Waals surface area contributed by atoms with Crippen molar-refractivity contribution >= 4 is 17.7 Å². The Morgan fingerprint density at radius 1 is 0.773 bits per heavy atom. The Labute approximate surface area is 133 Å². The molecule has 0 rings (SSSR count). The summed E-state index contributed by atoms with van der Waals surface area (Å²) in [5.41, 5.74) is 0. The van der Waals surface area contributed by atoms with E-state index in [1.165, 1.54) is 4.90 Å². The molecule has 2 N–H and O–H groups in total. The Balaban J connectivity index is 4.67. The molecule has 3 amide bonds. The molecular formula is C15H30N4O3. The normalized spacial score (nSPS) is 15.2. The number of rotatable bonds is 7. The molecule has 3 atom stereocenters. The van der Waals surface area contributed by atoms with E-state index in [2.05, 4.69) is 10.6 Å². The second kappa shape index (κ2) is 8.73. The van der Waals surface area contributed by atoms with Gasteiger partial charge in [-0.3, -0.25) is 19.3 Å². The molecule has 3 unspecified atom stereocenters. The van der Waals surface area contributed by atoms with Crippen molar-refractivity contribution in [1.29, 1.82) is 0 Å². The predicted molar refractivity (Wildman–Crippen MR) is 86.3 cm³/mol. The molecule has 128 valence electrons. The molecule has 0 aromatic heterocycles. The van der Waals surface area contributed by atoms with Crippen LogP contribution in [-0.4, -0.2) is 72.8 Å². The monoisotopic (exact) mass is 314 g/mol. The second-order valence-electron chi connectivity index (χ2n) is 6.16. The topological polar surface area (TPSA) is 81.8 Å². The van der Waals surface area contributed by atoms with E-state index in [0.29, 0.717) is 0 Å². The first kappa shape index (κ1) is 20.4. The molecule has 0 saturated carbocycles. The largest absolute Gasteiger partial charge is 0.352 e. The molecule has 22 heavy (non-hydrogen) atoms. The van der Waals surface area contributed by atoms with Crippen molar-refractivity contribution in [2.45, 2.75) is 58.8 Å². The van der Waals surface area contributed by atoms with Crippen LogP contribution in [0.5, 0.6) is 0 Å². The van der Waals surface area contributed by atoms with Gasteiger partial charge in [0.05, 0.1) is 6.04 Å². The van der Waals surface area contributed by atoms with Gasteiger partial charge in [0.15, 0.2) is 0 Å². The highest BCUT2D eigenvalue weighted by Crippen LogP contribution is 2.02. The fourth-order valence-corrected chi connectivity index (χ4v) is 1.71. The van der Waals surface area contributed by atoms with Crippen molar-refractivity contribution in [2.24, 2.45) is 0 Å². The van der Waals surface area contributed by atoms with E-state index in [-0.39, 0.29) is 29.8 Å². The minimum absolute atomic E-state index is 0.0107. The molecule has 0 spiro atoms. The zero-order chi connectivity index (χ0) is 17.6. The summed E-state index contributed by atoms with van der Waals surface area (Å²) >= 11 is 0. The van der Waals surface area contributed by atoms with Gasteiger partial charge < -0.3 is 15.5 Å². The molecule has 0 aliphatic rings. The van der Waals surface area contributed by atoms with Crippen LogP contribution in [0.15, 0.2) is 0 Å². The first-order chi connectivity index (χ1) is 9.98. The van der Waals surface area contributed by atoms with Gasteiger partial charge in [-0.05, 0) is 48.7 Å². The third-order valence-electron chi connectivity index (χ3n) is 3.62. The van der Waals surface area contributed by atoms with Gasteiger partial charge in [-0.25, -0.2) is 0 Å². The number of amides is 3. The van der Waals surface area contributed by atoms with Crippen LogP contribution in [-0.2, 0) is 14.4 Å². The average Bonchev–Trinajstić information content (AvgIpc) is 2.42. The summed E-state index contributed by atoms with van der Waals surface area (Å²) in [5.74, 6) is -0.740. The molecule has 0 bridgehead atoms. The maximum absolute atomic E-state index is 12.3. The molecule has 0 heterocycles. The summed E-state index contributed by atoms with van der Waals surface area (Å²) < 4.78 is 0. The van der Waals surface area contributed by atoms with Crippen molar-refractivity contribution < 1.29 is 14.4 Å². The van der Waals surface area contributed by atoms with Crippen LogP contribution >= 0.6 is 0 Å². The summed E-state index contributed by atoms with van der Waals surface area (Å²) in [6.45, 7) is 8.75. The Bertz CT molecular complexity index is 410. The third kappa shape index (κ3) is 6.01. The zero-order valence-corrected chi connectivity index (χ0v) is 14.9. The average molecular weight is 314 g/mol. The van der Waals surface area contributed by atoms with E-state index in [9.17, 15) is 14.4 Å². The quantitative estimate of drug-likeness (QED) is 0.682. The molecule has 0 aliphatic heterocycles. The number of carbonyl (C=O) groups excluding carboxylic acids is 3.